The number of hydrogen-bond acceptors (Lipinski definition) is 4. The van der Waals surface area contributed by atoms with Gasteiger partial charge in [-0.25, -0.2) is 4.98 Å². The molecule has 1 aromatic heterocycles. The molecule has 0 aliphatic carbocycles. The van der Waals surface area contributed by atoms with E-state index in [0.717, 1.165) is 26.0 Å². The summed E-state index contributed by atoms with van der Waals surface area (Å²) < 4.78 is 6.70. The van der Waals surface area contributed by atoms with Crippen LogP contribution in [0.25, 0.3) is 11.1 Å². The zero-order chi connectivity index (χ0) is 13.2. The Bertz CT molecular complexity index is 693. The summed E-state index contributed by atoms with van der Waals surface area (Å²) in [6, 6.07) is 13.8. The molecule has 96 valence electrons. The van der Waals surface area contributed by atoms with Gasteiger partial charge in [0, 0.05) is 15.9 Å². The Hall–Kier alpha value is -1.30. The minimum Gasteiger partial charge on any atom is -0.431 e. The molecule has 3 rings (SSSR count). The molecule has 0 spiro atoms. The van der Waals surface area contributed by atoms with E-state index in [-0.39, 0.29) is 0 Å². The minimum absolute atomic E-state index is 0.514. The number of halogens is 1. The van der Waals surface area contributed by atoms with Crippen LogP contribution < -0.4 is 5.73 Å². The second-order valence-corrected chi connectivity index (χ2v) is 5.99. The van der Waals surface area contributed by atoms with E-state index in [1.165, 1.54) is 11.8 Å². The van der Waals surface area contributed by atoms with E-state index in [4.69, 9.17) is 10.2 Å². The molecule has 3 aromatic rings. The number of fused-ring (bicyclic) bond motifs is 1. The van der Waals surface area contributed by atoms with Gasteiger partial charge in [0.2, 0.25) is 0 Å². The van der Waals surface area contributed by atoms with Crippen LogP contribution in [0.1, 0.15) is 5.56 Å². The van der Waals surface area contributed by atoms with Crippen molar-refractivity contribution in [2.75, 3.05) is 0 Å². The molecule has 0 atom stereocenters. The van der Waals surface area contributed by atoms with Crippen molar-refractivity contribution in [1.29, 1.82) is 0 Å². The number of benzene rings is 2. The van der Waals surface area contributed by atoms with E-state index in [1.807, 2.05) is 42.5 Å². The van der Waals surface area contributed by atoms with Crippen LogP contribution in [-0.4, -0.2) is 4.98 Å². The molecule has 0 fully saturated rings. The Morgan fingerprint density at radius 2 is 2.05 bits per heavy atom. The Balaban J connectivity index is 1.94. The van der Waals surface area contributed by atoms with Crippen molar-refractivity contribution in [3.63, 3.8) is 0 Å². The van der Waals surface area contributed by atoms with Crippen molar-refractivity contribution in [1.82, 2.24) is 4.98 Å². The summed E-state index contributed by atoms with van der Waals surface area (Å²) in [6.45, 7) is 0.514. The highest BCUT2D eigenvalue weighted by Crippen LogP contribution is 2.32. The largest absolute Gasteiger partial charge is 0.431 e. The van der Waals surface area contributed by atoms with Crippen LogP contribution in [0.4, 0.5) is 0 Å². The van der Waals surface area contributed by atoms with Crippen molar-refractivity contribution in [3.05, 3.63) is 52.5 Å². The molecular formula is C14H11BrN2OS. The van der Waals surface area contributed by atoms with Crippen LogP contribution in [0, 0.1) is 0 Å². The van der Waals surface area contributed by atoms with Gasteiger partial charge < -0.3 is 10.2 Å². The van der Waals surface area contributed by atoms with Crippen LogP contribution in [0.2, 0.25) is 0 Å². The highest BCUT2D eigenvalue weighted by Gasteiger charge is 2.08. The summed E-state index contributed by atoms with van der Waals surface area (Å²) in [5.74, 6) is 0. The van der Waals surface area contributed by atoms with Gasteiger partial charge in [-0.05, 0) is 47.7 Å². The molecule has 2 N–H and O–H groups in total. The van der Waals surface area contributed by atoms with Crippen LogP contribution in [0.15, 0.2) is 61.5 Å². The van der Waals surface area contributed by atoms with Gasteiger partial charge in [-0.2, -0.15) is 0 Å². The Labute approximate surface area is 123 Å². The van der Waals surface area contributed by atoms with E-state index in [1.54, 1.807) is 0 Å². The normalized spacial score (nSPS) is 11.1. The fourth-order valence-electron chi connectivity index (χ4n) is 1.79. The van der Waals surface area contributed by atoms with E-state index in [0.29, 0.717) is 11.8 Å². The average Bonchev–Trinajstić information content (AvgIpc) is 2.80. The SMILES string of the molecule is NCc1cc(Br)cc(Sc2nc3ccccc3o2)c1. The van der Waals surface area contributed by atoms with E-state index in [2.05, 4.69) is 20.9 Å². The molecule has 0 aliphatic rings. The fourth-order valence-corrected chi connectivity index (χ4v) is 3.36. The molecule has 0 unspecified atom stereocenters. The van der Waals surface area contributed by atoms with Crippen LogP contribution in [0.5, 0.6) is 0 Å². The molecule has 2 aromatic carbocycles. The van der Waals surface area contributed by atoms with Crippen LogP contribution in [0.3, 0.4) is 0 Å². The first kappa shape index (κ1) is 12.7. The monoisotopic (exact) mass is 334 g/mol. The van der Waals surface area contributed by atoms with Crippen molar-refractivity contribution in [2.24, 2.45) is 5.73 Å². The van der Waals surface area contributed by atoms with Crippen molar-refractivity contribution < 1.29 is 4.42 Å². The Morgan fingerprint density at radius 3 is 2.84 bits per heavy atom. The summed E-state index contributed by atoms with van der Waals surface area (Å²) in [5.41, 5.74) is 8.43. The third kappa shape index (κ3) is 2.83. The quantitative estimate of drug-likeness (QED) is 0.779. The number of hydrogen-bond donors (Lipinski definition) is 1. The molecular weight excluding hydrogens is 324 g/mol. The predicted molar refractivity (Wildman–Crippen MR) is 80.2 cm³/mol. The summed E-state index contributed by atoms with van der Waals surface area (Å²) >= 11 is 4.98. The molecule has 0 aliphatic heterocycles. The standard InChI is InChI=1S/C14H11BrN2OS/c15-10-5-9(8-16)6-11(7-10)19-14-17-12-3-1-2-4-13(12)18-14/h1-7H,8,16H2. The molecule has 0 radical (unpaired) electrons. The summed E-state index contributed by atoms with van der Waals surface area (Å²) in [4.78, 5) is 5.50. The maximum absolute atomic E-state index is 5.69. The molecule has 3 nitrogen and oxygen atoms in total. The van der Waals surface area contributed by atoms with Gasteiger partial charge in [0.15, 0.2) is 5.58 Å². The first-order valence-corrected chi connectivity index (χ1v) is 7.38. The third-order valence-electron chi connectivity index (χ3n) is 2.65. The highest BCUT2D eigenvalue weighted by atomic mass is 79.9. The van der Waals surface area contributed by atoms with Crippen LogP contribution in [-0.2, 0) is 6.54 Å². The molecule has 0 bridgehead atoms. The molecule has 1 heterocycles. The summed E-state index contributed by atoms with van der Waals surface area (Å²) in [7, 11) is 0. The smallest absolute Gasteiger partial charge is 0.261 e. The van der Waals surface area contributed by atoms with Crippen molar-refractivity contribution in [2.45, 2.75) is 16.7 Å². The Morgan fingerprint density at radius 1 is 1.21 bits per heavy atom. The highest BCUT2D eigenvalue weighted by molar-refractivity contribution is 9.10. The summed E-state index contributed by atoms with van der Waals surface area (Å²) in [5, 5.41) is 0.641. The van der Waals surface area contributed by atoms with Gasteiger partial charge in [-0.15, -0.1) is 0 Å². The van der Waals surface area contributed by atoms with Gasteiger partial charge in [0.05, 0.1) is 0 Å². The van der Waals surface area contributed by atoms with E-state index in [9.17, 15) is 0 Å². The predicted octanol–water partition coefficient (Wildman–Crippen LogP) is 4.20. The maximum atomic E-state index is 5.69. The lowest BCUT2D eigenvalue weighted by Crippen LogP contribution is -1.96. The van der Waals surface area contributed by atoms with Gasteiger partial charge >= 0.3 is 0 Å². The first-order chi connectivity index (χ1) is 9.24. The number of nitrogens with two attached hydrogens (primary N) is 1. The van der Waals surface area contributed by atoms with E-state index < -0.39 is 0 Å². The zero-order valence-corrected chi connectivity index (χ0v) is 12.4. The lowest BCUT2D eigenvalue weighted by Gasteiger charge is -2.02. The third-order valence-corrected chi connectivity index (χ3v) is 3.92. The maximum Gasteiger partial charge on any atom is 0.261 e. The molecule has 0 saturated carbocycles. The lowest BCUT2D eigenvalue weighted by molar-refractivity contribution is 0.489. The second kappa shape index (κ2) is 5.36. The fraction of sp³-hybridized carbons (Fsp3) is 0.0714. The number of nitrogens with zero attached hydrogens (tertiary/aromatic N) is 1. The number of para-hydroxylation sites is 2. The number of aromatic nitrogens is 1. The number of rotatable bonds is 3. The van der Waals surface area contributed by atoms with Gasteiger partial charge in [0.25, 0.3) is 5.22 Å². The van der Waals surface area contributed by atoms with Gasteiger partial charge in [0.1, 0.15) is 5.52 Å². The molecule has 5 heteroatoms. The first-order valence-electron chi connectivity index (χ1n) is 5.77. The molecule has 19 heavy (non-hydrogen) atoms. The average molecular weight is 335 g/mol. The van der Waals surface area contributed by atoms with Crippen molar-refractivity contribution in [3.8, 4) is 0 Å². The van der Waals surface area contributed by atoms with Crippen LogP contribution >= 0.6 is 27.7 Å². The topological polar surface area (TPSA) is 52.0 Å². The second-order valence-electron chi connectivity index (χ2n) is 4.05. The van der Waals surface area contributed by atoms with Crippen molar-refractivity contribution >= 4 is 38.8 Å². The molecule has 0 amide bonds. The Kier molecular flexibility index (Phi) is 3.59. The van der Waals surface area contributed by atoms with Gasteiger partial charge in [-0.1, -0.05) is 28.1 Å². The minimum atomic E-state index is 0.514. The van der Waals surface area contributed by atoms with E-state index >= 15 is 0 Å². The summed E-state index contributed by atoms with van der Waals surface area (Å²) in [6.07, 6.45) is 0. The zero-order valence-electron chi connectivity index (χ0n) is 9.97. The molecule has 0 saturated heterocycles. The van der Waals surface area contributed by atoms with Gasteiger partial charge in [-0.3, -0.25) is 0 Å². The number of oxazole rings is 1. The lowest BCUT2D eigenvalue weighted by atomic mass is 10.2.